The first-order valence-corrected chi connectivity index (χ1v) is 7.60. The highest BCUT2D eigenvalue weighted by atomic mass is 32.2. The number of thiazole rings is 1. The van der Waals surface area contributed by atoms with Crippen LogP contribution >= 0.6 is 23.1 Å². The summed E-state index contributed by atoms with van der Waals surface area (Å²) in [6, 6.07) is 9.77. The summed E-state index contributed by atoms with van der Waals surface area (Å²) < 4.78 is 6.66. The van der Waals surface area contributed by atoms with Crippen molar-refractivity contribution in [2.75, 3.05) is 0 Å². The number of aromatic nitrogens is 3. The Hall–Kier alpha value is -1.66. The second-order valence-corrected chi connectivity index (χ2v) is 5.99. The van der Waals surface area contributed by atoms with Gasteiger partial charge in [0.2, 0.25) is 11.8 Å². The van der Waals surface area contributed by atoms with Crippen molar-refractivity contribution in [1.29, 1.82) is 0 Å². The van der Waals surface area contributed by atoms with E-state index >= 15 is 0 Å². The fraction of sp³-hybridized carbons (Fsp3) is 0.154. The second-order valence-electron chi connectivity index (χ2n) is 3.91. The molecule has 2 heterocycles. The standard InChI is InChI=1S/C13H11N3OS2/c1-9-7-18-13(14-9)19-8-11-15-16-12(17-11)10-5-3-2-4-6-10/h2-7H,8H2,1H3. The van der Waals surface area contributed by atoms with E-state index in [0.29, 0.717) is 17.5 Å². The van der Waals surface area contributed by atoms with Crippen molar-refractivity contribution in [3.05, 3.63) is 47.3 Å². The van der Waals surface area contributed by atoms with Crippen molar-refractivity contribution >= 4 is 23.1 Å². The van der Waals surface area contributed by atoms with E-state index in [2.05, 4.69) is 15.2 Å². The number of thioether (sulfide) groups is 1. The Morgan fingerprint density at radius 3 is 2.79 bits per heavy atom. The lowest BCUT2D eigenvalue weighted by atomic mass is 10.2. The van der Waals surface area contributed by atoms with Crippen LogP contribution < -0.4 is 0 Å². The van der Waals surface area contributed by atoms with Crippen molar-refractivity contribution < 1.29 is 4.42 Å². The predicted molar refractivity (Wildman–Crippen MR) is 76.1 cm³/mol. The molecule has 0 saturated heterocycles. The molecule has 6 heteroatoms. The van der Waals surface area contributed by atoms with Gasteiger partial charge in [0.15, 0.2) is 4.34 Å². The molecular formula is C13H11N3OS2. The van der Waals surface area contributed by atoms with Crippen LogP contribution in [0.15, 0.2) is 44.5 Å². The van der Waals surface area contributed by atoms with Crippen molar-refractivity contribution in [1.82, 2.24) is 15.2 Å². The van der Waals surface area contributed by atoms with Crippen LogP contribution in [-0.2, 0) is 5.75 Å². The summed E-state index contributed by atoms with van der Waals surface area (Å²) >= 11 is 3.25. The molecule has 2 aromatic heterocycles. The van der Waals surface area contributed by atoms with Gasteiger partial charge in [0.1, 0.15) is 0 Å². The van der Waals surface area contributed by atoms with E-state index < -0.39 is 0 Å². The van der Waals surface area contributed by atoms with Crippen LogP contribution in [0.1, 0.15) is 11.6 Å². The predicted octanol–water partition coefficient (Wildman–Crippen LogP) is 3.79. The van der Waals surface area contributed by atoms with Gasteiger partial charge in [0.05, 0.1) is 5.75 Å². The fourth-order valence-electron chi connectivity index (χ4n) is 1.53. The molecule has 0 aliphatic heterocycles. The number of rotatable bonds is 4. The molecule has 0 amide bonds. The SMILES string of the molecule is Cc1csc(SCc2nnc(-c3ccccc3)o2)n1. The first kappa shape index (κ1) is 12.4. The average Bonchev–Trinajstić information content (AvgIpc) is 3.06. The maximum Gasteiger partial charge on any atom is 0.247 e. The molecule has 0 fully saturated rings. The normalized spacial score (nSPS) is 10.8. The lowest BCUT2D eigenvalue weighted by Gasteiger charge is -1.93. The van der Waals surface area contributed by atoms with Crippen LogP contribution in [0.4, 0.5) is 0 Å². The summed E-state index contributed by atoms with van der Waals surface area (Å²) in [5.41, 5.74) is 1.99. The average molecular weight is 289 g/mol. The number of nitrogens with zero attached hydrogens (tertiary/aromatic N) is 3. The molecule has 3 aromatic rings. The minimum Gasteiger partial charge on any atom is -0.420 e. The molecule has 0 bridgehead atoms. The van der Waals surface area contributed by atoms with Crippen LogP contribution in [0.5, 0.6) is 0 Å². The minimum atomic E-state index is 0.562. The Balaban J connectivity index is 1.68. The van der Waals surface area contributed by atoms with Crippen LogP contribution in [0.3, 0.4) is 0 Å². The van der Waals surface area contributed by atoms with Gasteiger partial charge in [0.25, 0.3) is 0 Å². The lowest BCUT2D eigenvalue weighted by Crippen LogP contribution is -1.80. The van der Waals surface area contributed by atoms with Gasteiger partial charge < -0.3 is 4.42 Å². The van der Waals surface area contributed by atoms with Crippen molar-refractivity contribution in [3.63, 3.8) is 0 Å². The monoisotopic (exact) mass is 289 g/mol. The molecule has 96 valence electrons. The summed E-state index contributed by atoms with van der Waals surface area (Å²) in [4.78, 5) is 4.38. The first-order chi connectivity index (χ1) is 9.31. The molecule has 0 spiro atoms. The van der Waals surface area contributed by atoms with E-state index in [1.54, 1.807) is 23.1 Å². The topological polar surface area (TPSA) is 51.8 Å². The molecular weight excluding hydrogens is 278 g/mol. The molecule has 0 aliphatic carbocycles. The highest BCUT2D eigenvalue weighted by Gasteiger charge is 2.09. The molecule has 3 rings (SSSR count). The molecule has 0 unspecified atom stereocenters. The molecule has 0 saturated carbocycles. The summed E-state index contributed by atoms with van der Waals surface area (Å²) in [5.74, 6) is 1.83. The second kappa shape index (κ2) is 5.54. The summed E-state index contributed by atoms with van der Waals surface area (Å²) in [6.07, 6.45) is 0. The number of aryl methyl sites for hydroxylation is 1. The highest BCUT2D eigenvalue weighted by molar-refractivity contribution is 8.00. The van der Waals surface area contributed by atoms with Gasteiger partial charge in [-0.25, -0.2) is 4.98 Å². The Morgan fingerprint density at radius 1 is 1.21 bits per heavy atom. The summed E-state index contributed by atoms with van der Waals surface area (Å²) in [7, 11) is 0. The summed E-state index contributed by atoms with van der Waals surface area (Å²) in [6.45, 7) is 1.99. The van der Waals surface area contributed by atoms with Crippen LogP contribution in [-0.4, -0.2) is 15.2 Å². The molecule has 19 heavy (non-hydrogen) atoms. The lowest BCUT2D eigenvalue weighted by molar-refractivity contribution is 0.528. The van der Waals surface area contributed by atoms with Crippen LogP contribution in [0, 0.1) is 6.92 Å². The quantitative estimate of drug-likeness (QED) is 0.684. The Labute approximate surface area is 118 Å². The Bertz CT molecular complexity index is 663. The van der Waals surface area contributed by atoms with Crippen molar-refractivity contribution in [2.45, 2.75) is 17.0 Å². The van der Waals surface area contributed by atoms with Gasteiger partial charge in [-0.2, -0.15) is 0 Å². The van der Waals surface area contributed by atoms with Crippen LogP contribution in [0.2, 0.25) is 0 Å². The third kappa shape index (κ3) is 3.02. The zero-order chi connectivity index (χ0) is 13.1. The van der Waals surface area contributed by atoms with E-state index in [-0.39, 0.29) is 0 Å². The van der Waals surface area contributed by atoms with Gasteiger partial charge in [-0.1, -0.05) is 30.0 Å². The van der Waals surface area contributed by atoms with Crippen molar-refractivity contribution in [2.24, 2.45) is 0 Å². The minimum absolute atomic E-state index is 0.562. The third-order valence-corrected chi connectivity index (χ3v) is 4.53. The fourth-order valence-corrected chi connectivity index (χ4v) is 3.22. The van der Waals surface area contributed by atoms with Gasteiger partial charge >= 0.3 is 0 Å². The molecule has 0 radical (unpaired) electrons. The summed E-state index contributed by atoms with van der Waals surface area (Å²) in [5, 5.41) is 10.1. The van der Waals surface area contributed by atoms with Crippen LogP contribution in [0.25, 0.3) is 11.5 Å². The number of hydrogen-bond donors (Lipinski definition) is 0. The molecule has 0 N–H and O–H groups in total. The highest BCUT2D eigenvalue weighted by Crippen LogP contribution is 2.26. The zero-order valence-corrected chi connectivity index (χ0v) is 11.9. The van der Waals surface area contributed by atoms with E-state index in [1.165, 1.54) is 0 Å². The van der Waals surface area contributed by atoms with Gasteiger partial charge in [-0.05, 0) is 19.1 Å². The number of benzene rings is 1. The third-order valence-electron chi connectivity index (χ3n) is 2.40. The molecule has 1 aromatic carbocycles. The Kier molecular flexibility index (Phi) is 3.61. The van der Waals surface area contributed by atoms with Gasteiger partial charge in [0, 0.05) is 16.6 Å². The van der Waals surface area contributed by atoms with Crippen molar-refractivity contribution in [3.8, 4) is 11.5 Å². The smallest absolute Gasteiger partial charge is 0.247 e. The first-order valence-electron chi connectivity index (χ1n) is 5.74. The Morgan fingerprint density at radius 2 is 2.05 bits per heavy atom. The zero-order valence-electron chi connectivity index (χ0n) is 10.2. The number of hydrogen-bond acceptors (Lipinski definition) is 6. The van der Waals surface area contributed by atoms with E-state index in [9.17, 15) is 0 Å². The maximum absolute atomic E-state index is 5.63. The van der Waals surface area contributed by atoms with E-state index in [0.717, 1.165) is 15.6 Å². The molecule has 0 atom stereocenters. The van der Waals surface area contributed by atoms with E-state index in [4.69, 9.17) is 4.42 Å². The van der Waals surface area contributed by atoms with Gasteiger partial charge in [-0.3, -0.25) is 0 Å². The van der Waals surface area contributed by atoms with Gasteiger partial charge in [-0.15, -0.1) is 21.5 Å². The molecule has 4 nitrogen and oxygen atoms in total. The largest absolute Gasteiger partial charge is 0.420 e. The molecule has 0 aliphatic rings. The van der Waals surface area contributed by atoms with E-state index in [1.807, 2.05) is 42.6 Å². The maximum atomic E-state index is 5.63.